The van der Waals surface area contributed by atoms with Crippen molar-refractivity contribution in [1.29, 1.82) is 0 Å². The number of hydrogen-bond acceptors (Lipinski definition) is 6. The van der Waals surface area contributed by atoms with Gasteiger partial charge in [-0.3, -0.25) is 14.3 Å². The molecule has 3 aromatic rings. The standard InChI is InChI=1S/C16H16N4O4S2/c1-10-17-7-13(25-10)8-19-16(21)14-3-2-11(6-18-14)15(20-26(22)23)12-4-5-24-9-12/h2-7,9,15,20H,8H2,1H3,(H,19,21)(H,22,23). The summed E-state index contributed by atoms with van der Waals surface area (Å²) in [6.07, 6.45) is 6.17. The molecule has 3 rings (SSSR count). The van der Waals surface area contributed by atoms with Crippen molar-refractivity contribution < 1.29 is 18.0 Å². The summed E-state index contributed by atoms with van der Waals surface area (Å²) in [7, 11) is 0. The van der Waals surface area contributed by atoms with E-state index in [-0.39, 0.29) is 11.6 Å². The first-order chi connectivity index (χ1) is 12.5. The molecule has 0 saturated heterocycles. The molecule has 0 spiro atoms. The zero-order valence-corrected chi connectivity index (χ0v) is 15.3. The number of aryl methyl sites for hydroxylation is 1. The lowest BCUT2D eigenvalue weighted by Gasteiger charge is -2.15. The molecule has 2 atom stereocenters. The second kappa shape index (κ2) is 8.32. The van der Waals surface area contributed by atoms with E-state index in [1.807, 2.05) is 6.92 Å². The van der Waals surface area contributed by atoms with Crippen LogP contribution in [0.2, 0.25) is 0 Å². The number of carbonyl (C=O) groups excluding carboxylic acids is 1. The SMILES string of the molecule is Cc1ncc(CNC(=O)c2ccc(C(NS(=O)O)c3ccoc3)cn2)s1. The molecule has 1 amide bonds. The van der Waals surface area contributed by atoms with Crippen LogP contribution in [0.15, 0.2) is 47.5 Å². The fourth-order valence-corrected chi connectivity index (χ4v) is 3.53. The first-order valence-electron chi connectivity index (χ1n) is 7.57. The lowest BCUT2D eigenvalue weighted by molar-refractivity contribution is 0.0946. The van der Waals surface area contributed by atoms with Crippen LogP contribution in [0.3, 0.4) is 0 Å². The maximum atomic E-state index is 12.2. The van der Waals surface area contributed by atoms with Gasteiger partial charge in [-0.2, -0.15) is 0 Å². The Morgan fingerprint density at radius 3 is 2.73 bits per heavy atom. The molecule has 0 fully saturated rings. The van der Waals surface area contributed by atoms with Gasteiger partial charge in [0.2, 0.25) is 11.3 Å². The van der Waals surface area contributed by atoms with Crippen LogP contribution in [-0.2, 0) is 17.8 Å². The molecule has 0 aromatic carbocycles. The van der Waals surface area contributed by atoms with Crippen molar-refractivity contribution in [3.63, 3.8) is 0 Å². The Labute approximate surface area is 156 Å². The molecule has 0 aliphatic heterocycles. The summed E-state index contributed by atoms with van der Waals surface area (Å²) in [5.74, 6) is -0.304. The Hall–Kier alpha value is -2.40. The number of thiazole rings is 1. The molecule has 8 nitrogen and oxygen atoms in total. The van der Waals surface area contributed by atoms with E-state index >= 15 is 0 Å². The Kier molecular flexibility index (Phi) is 5.89. The molecular weight excluding hydrogens is 376 g/mol. The van der Waals surface area contributed by atoms with Gasteiger partial charge in [0.1, 0.15) is 5.69 Å². The maximum absolute atomic E-state index is 12.2. The number of aromatic nitrogens is 2. The van der Waals surface area contributed by atoms with Crippen LogP contribution in [-0.4, -0.2) is 24.6 Å². The third-order valence-corrected chi connectivity index (χ3v) is 4.89. The van der Waals surface area contributed by atoms with Crippen molar-refractivity contribution in [2.75, 3.05) is 0 Å². The van der Waals surface area contributed by atoms with Crippen molar-refractivity contribution in [3.05, 3.63) is 69.8 Å². The molecule has 3 aromatic heterocycles. The van der Waals surface area contributed by atoms with E-state index in [4.69, 9.17) is 8.97 Å². The van der Waals surface area contributed by atoms with Crippen LogP contribution < -0.4 is 10.0 Å². The minimum absolute atomic E-state index is 0.256. The molecule has 26 heavy (non-hydrogen) atoms. The van der Waals surface area contributed by atoms with E-state index in [9.17, 15) is 9.00 Å². The zero-order chi connectivity index (χ0) is 18.5. The van der Waals surface area contributed by atoms with Gasteiger partial charge in [0.05, 0.1) is 30.1 Å². The second-order valence-corrected chi connectivity index (χ2v) is 7.42. The van der Waals surface area contributed by atoms with Gasteiger partial charge in [0, 0.05) is 22.8 Å². The lowest BCUT2D eigenvalue weighted by atomic mass is 10.0. The summed E-state index contributed by atoms with van der Waals surface area (Å²) in [6.45, 7) is 2.29. The first kappa shape index (κ1) is 18.4. The third kappa shape index (κ3) is 4.61. The Balaban J connectivity index is 1.70. The fourth-order valence-electron chi connectivity index (χ4n) is 2.32. The molecule has 2 unspecified atom stereocenters. The molecule has 0 saturated carbocycles. The average molecular weight is 392 g/mol. The summed E-state index contributed by atoms with van der Waals surface area (Å²) in [4.78, 5) is 21.5. The summed E-state index contributed by atoms with van der Waals surface area (Å²) >= 11 is -0.701. The van der Waals surface area contributed by atoms with Crippen molar-refractivity contribution in [3.8, 4) is 0 Å². The molecular formula is C16H16N4O4S2. The van der Waals surface area contributed by atoms with E-state index in [1.165, 1.54) is 30.1 Å². The average Bonchev–Trinajstić information content (AvgIpc) is 3.29. The summed E-state index contributed by atoms with van der Waals surface area (Å²) in [5, 5.41) is 3.73. The van der Waals surface area contributed by atoms with E-state index < -0.39 is 17.3 Å². The summed E-state index contributed by atoms with van der Waals surface area (Å²) < 4.78 is 27.8. The topological polar surface area (TPSA) is 117 Å². The highest BCUT2D eigenvalue weighted by atomic mass is 32.2. The van der Waals surface area contributed by atoms with Crippen LogP contribution in [0.5, 0.6) is 0 Å². The van der Waals surface area contributed by atoms with Crippen molar-refractivity contribution in [2.45, 2.75) is 19.5 Å². The highest BCUT2D eigenvalue weighted by Crippen LogP contribution is 2.22. The first-order valence-corrected chi connectivity index (χ1v) is 9.50. The molecule has 0 bridgehead atoms. The van der Waals surface area contributed by atoms with E-state index in [0.717, 1.165) is 9.88 Å². The Morgan fingerprint density at radius 2 is 2.15 bits per heavy atom. The molecule has 3 N–H and O–H groups in total. The van der Waals surface area contributed by atoms with Crippen LogP contribution >= 0.6 is 11.3 Å². The number of hydrogen-bond donors (Lipinski definition) is 3. The zero-order valence-electron chi connectivity index (χ0n) is 13.7. The van der Waals surface area contributed by atoms with Crippen molar-refractivity contribution >= 4 is 28.5 Å². The second-order valence-electron chi connectivity index (χ2n) is 5.36. The number of nitrogens with one attached hydrogen (secondary N) is 2. The van der Waals surface area contributed by atoms with E-state index in [0.29, 0.717) is 17.7 Å². The number of carbonyl (C=O) groups is 1. The fraction of sp³-hybridized carbons (Fsp3) is 0.188. The summed E-state index contributed by atoms with van der Waals surface area (Å²) in [6, 6.07) is 4.35. The maximum Gasteiger partial charge on any atom is 0.270 e. The van der Waals surface area contributed by atoms with Gasteiger partial charge in [-0.05, 0) is 24.6 Å². The van der Waals surface area contributed by atoms with Crippen molar-refractivity contribution in [2.24, 2.45) is 0 Å². The highest BCUT2D eigenvalue weighted by molar-refractivity contribution is 7.77. The number of rotatable bonds is 7. The van der Waals surface area contributed by atoms with Crippen LogP contribution in [0, 0.1) is 6.92 Å². The van der Waals surface area contributed by atoms with Gasteiger partial charge < -0.3 is 9.73 Å². The number of amides is 1. The van der Waals surface area contributed by atoms with Gasteiger partial charge in [-0.1, -0.05) is 6.07 Å². The van der Waals surface area contributed by atoms with Gasteiger partial charge in [-0.25, -0.2) is 13.9 Å². The van der Waals surface area contributed by atoms with E-state index in [1.54, 1.807) is 24.4 Å². The number of nitrogens with zero attached hydrogens (tertiary/aromatic N) is 2. The largest absolute Gasteiger partial charge is 0.472 e. The third-order valence-electron chi connectivity index (χ3n) is 3.54. The van der Waals surface area contributed by atoms with Crippen LogP contribution in [0.25, 0.3) is 0 Å². The van der Waals surface area contributed by atoms with Crippen LogP contribution in [0.1, 0.15) is 37.5 Å². The molecule has 3 heterocycles. The summed E-state index contributed by atoms with van der Waals surface area (Å²) in [5.41, 5.74) is 1.56. The molecule has 0 aliphatic rings. The van der Waals surface area contributed by atoms with Gasteiger partial charge >= 0.3 is 0 Å². The predicted octanol–water partition coefficient (Wildman–Crippen LogP) is 2.19. The quantitative estimate of drug-likeness (QED) is 0.531. The minimum Gasteiger partial charge on any atom is -0.472 e. The molecule has 0 aliphatic carbocycles. The number of pyridine rings is 1. The monoisotopic (exact) mass is 392 g/mol. The molecule has 136 valence electrons. The van der Waals surface area contributed by atoms with E-state index in [2.05, 4.69) is 20.0 Å². The Bertz CT molecular complexity index is 893. The van der Waals surface area contributed by atoms with Crippen LogP contribution in [0.4, 0.5) is 0 Å². The highest BCUT2D eigenvalue weighted by Gasteiger charge is 2.18. The molecule has 0 radical (unpaired) electrons. The predicted molar refractivity (Wildman–Crippen MR) is 96.7 cm³/mol. The minimum atomic E-state index is -2.22. The normalized spacial score (nSPS) is 13.3. The van der Waals surface area contributed by atoms with Gasteiger partial charge in [0.15, 0.2) is 0 Å². The smallest absolute Gasteiger partial charge is 0.270 e. The lowest BCUT2D eigenvalue weighted by Crippen LogP contribution is -2.25. The molecule has 10 heteroatoms. The van der Waals surface area contributed by atoms with Gasteiger partial charge in [-0.15, -0.1) is 11.3 Å². The number of furan rings is 1. The Morgan fingerprint density at radius 1 is 1.31 bits per heavy atom. The van der Waals surface area contributed by atoms with Crippen molar-refractivity contribution in [1.82, 2.24) is 20.0 Å². The van der Waals surface area contributed by atoms with Gasteiger partial charge in [0.25, 0.3) is 5.91 Å².